The summed E-state index contributed by atoms with van der Waals surface area (Å²) in [7, 11) is 1.63. The second kappa shape index (κ2) is 5.73. The molecule has 1 aromatic rings. The van der Waals surface area contributed by atoms with Crippen molar-refractivity contribution in [1.29, 1.82) is 10.5 Å². The van der Waals surface area contributed by atoms with E-state index in [0.717, 1.165) is 28.3 Å². The number of benzene rings is 1. The molecule has 1 aromatic carbocycles. The molecule has 0 unspecified atom stereocenters. The summed E-state index contributed by atoms with van der Waals surface area (Å²) in [6, 6.07) is 10.2. The number of ether oxygens (including phenoxy) is 1. The molecule has 0 aliphatic carbocycles. The molecule has 21 heavy (non-hydrogen) atoms. The fourth-order valence-electron chi connectivity index (χ4n) is 2.70. The second-order valence-electron chi connectivity index (χ2n) is 5.09. The van der Waals surface area contributed by atoms with Gasteiger partial charge in [-0.15, -0.1) is 0 Å². The predicted octanol–water partition coefficient (Wildman–Crippen LogP) is 3.29. The number of nitrogens with zero attached hydrogens (tertiary/aromatic N) is 2. The molecule has 0 spiro atoms. The van der Waals surface area contributed by atoms with Crippen molar-refractivity contribution in [3.63, 3.8) is 0 Å². The zero-order valence-electron chi connectivity index (χ0n) is 12.6. The van der Waals surface area contributed by atoms with Gasteiger partial charge in [-0.05, 0) is 38.0 Å². The van der Waals surface area contributed by atoms with E-state index in [1.807, 2.05) is 39.0 Å². The molecule has 2 rings (SSSR count). The molecule has 0 atom stereocenters. The lowest BCUT2D eigenvalue weighted by atomic mass is 9.81. The fraction of sp³-hybridized carbons (Fsp3) is 0.294. The molecular weight excluding hydrogens is 262 g/mol. The number of methoxy groups -OCH3 is 1. The van der Waals surface area contributed by atoms with Crippen LogP contribution in [0.3, 0.4) is 0 Å². The SMILES string of the molecule is COc1ccc(C2C(C#N)=C(C)NC(C)=C2C#N)cc1C. The van der Waals surface area contributed by atoms with Gasteiger partial charge < -0.3 is 10.1 Å². The van der Waals surface area contributed by atoms with Gasteiger partial charge >= 0.3 is 0 Å². The Morgan fingerprint density at radius 1 is 1.05 bits per heavy atom. The summed E-state index contributed by atoms with van der Waals surface area (Å²) in [6.07, 6.45) is 0. The normalized spacial score (nSPS) is 15.3. The van der Waals surface area contributed by atoms with Crippen molar-refractivity contribution in [2.45, 2.75) is 26.7 Å². The van der Waals surface area contributed by atoms with E-state index < -0.39 is 0 Å². The summed E-state index contributed by atoms with van der Waals surface area (Å²) in [5.74, 6) is 0.483. The van der Waals surface area contributed by atoms with Crippen LogP contribution in [0.5, 0.6) is 5.75 Å². The number of aryl methyl sites for hydroxylation is 1. The zero-order valence-corrected chi connectivity index (χ0v) is 12.6. The minimum absolute atomic E-state index is 0.314. The predicted molar refractivity (Wildman–Crippen MR) is 80.2 cm³/mol. The highest BCUT2D eigenvalue weighted by atomic mass is 16.5. The molecule has 1 aliphatic rings. The van der Waals surface area contributed by atoms with Crippen molar-refractivity contribution in [2.75, 3.05) is 7.11 Å². The van der Waals surface area contributed by atoms with Crippen LogP contribution in [0.4, 0.5) is 0 Å². The molecular formula is C17H17N3O. The van der Waals surface area contributed by atoms with Crippen molar-refractivity contribution in [3.05, 3.63) is 51.9 Å². The molecule has 0 bridgehead atoms. The van der Waals surface area contributed by atoms with Crippen molar-refractivity contribution in [1.82, 2.24) is 5.32 Å². The zero-order chi connectivity index (χ0) is 15.6. The Morgan fingerprint density at radius 3 is 2.05 bits per heavy atom. The van der Waals surface area contributed by atoms with Gasteiger partial charge in [-0.25, -0.2) is 0 Å². The van der Waals surface area contributed by atoms with E-state index in [4.69, 9.17) is 4.74 Å². The number of allylic oxidation sites excluding steroid dienone is 4. The van der Waals surface area contributed by atoms with Gasteiger partial charge in [0.15, 0.2) is 0 Å². The van der Waals surface area contributed by atoms with Crippen molar-refractivity contribution >= 4 is 0 Å². The quantitative estimate of drug-likeness (QED) is 0.902. The molecule has 1 aliphatic heterocycles. The van der Waals surface area contributed by atoms with Crippen LogP contribution < -0.4 is 10.1 Å². The highest BCUT2D eigenvalue weighted by Gasteiger charge is 2.29. The molecule has 0 radical (unpaired) electrons. The lowest BCUT2D eigenvalue weighted by Crippen LogP contribution is -2.23. The van der Waals surface area contributed by atoms with E-state index in [2.05, 4.69) is 17.5 Å². The third-order valence-corrected chi connectivity index (χ3v) is 3.75. The highest BCUT2D eigenvalue weighted by Crippen LogP contribution is 2.38. The van der Waals surface area contributed by atoms with Crippen LogP contribution in [0, 0.1) is 29.6 Å². The van der Waals surface area contributed by atoms with E-state index >= 15 is 0 Å². The third kappa shape index (κ3) is 2.49. The van der Waals surface area contributed by atoms with Crippen LogP contribution in [0.1, 0.15) is 30.9 Å². The highest BCUT2D eigenvalue weighted by molar-refractivity contribution is 5.56. The van der Waals surface area contributed by atoms with Gasteiger partial charge in [-0.2, -0.15) is 10.5 Å². The first-order valence-electron chi connectivity index (χ1n) is 6.66. The van der Waals surface area contributed by atoms with Crippen LogP contribution >= 0.6 is 0 Å². The topological polar surface area (TPSA) is 68.8 Å². The molecule has 0 amide bonds. The number of dihydropyridines is 1. The van der Waals surface area contributed by atoms with E-state index in [0.29, 0.717) is 11.1 Å². The Hall–Kier alpha value is -2.72. The summed E-state index contributed by atoms with van der Waals surface area (Å²) in [4.78, 5) is 0. The van der Waals surface area contributed by atoms with Gasteiger partial charge in [0.25, 0.3) is 0 Å². The van der Waals surface area contributed by atoms with E-state index in [1.54, 1.807) is 7.11 Å². The summed E-state index contributed by atoms with van der Waals surface area (Å²) < 4.78 is 5.27. The Bertz CT molecular complexity index is 693. The first kappa shape index (κ1) is 14.7. The maximum absolute atomic E-state index is 9.46. The van der Waals surface area contributed by atoms with Crippen LogP contribution in [0.25, 0.3) is 0 Å². The molecule has 0 fully saturated rings. The summed E-state index contributed by atoms with van der Waals surface area (Å²) in [6.45, 7) is 5.67. The monoisotopic (exact) mass is 279 g/mol. The van der Waals surface area contributed by atoms with E-state index in [-0.39, 0.29) is 5.92 Å². The Morgan fingerprint density at radius 2 is 1.62 bits per heavy atom. The number of hydrogen-bond donors (Lipinski definition) is 1. The summed E-state index contributed by atoms with van der Waals surface area (Å²) in [5, 5.41) is 22.0. The smallest absolute Gasteiger partial charge is 0.121 e. The first-order valence-corrected chi connectivity index (χ1v) is 6.66. The number of nitriles is 2. The van der Waals surface area contributed by atoms with Crippen LogP contribution in [-0.2, 0) is 0 Å². The standard InChI is InChI=1S/C17H17N3O/c1-10-7-13(5-6-16(10)21-4)17-14(8-18)11(2)20-12(3)15(17)9-19/h5-7,17,20H,1-4H3. The minimum Gasteiger partial charge on any atom is -0.496 e. The van der Waals surface area contributed by atoms with Gasteiger partial charge in [0.05, 0.1) is 36.3 Å². The Kier molecular flexibility index (Phi) is 4.00. The molecule has 4 nitrogen and oxygen atoms in total. The van der Waals surface area contributed by atoms with Crippen LogP contribution in [0.2, 0.25) is 0 Å². The molecule has 4 heteroatoms. The molecule has 1 N–H and O–H groups in total. The molecule has 0 saturated heterocycles. The maximum Gasteiger partial charge on any atom is 0.121 e. The maximum atomic E-state index is 9.46. The second-order valence-corrected chi connectivity index (χ2v) is 5.09. The number of rotatable bonds is 2. The van der Waals surface area contributed by atoms with Gasteiger partial charge in [-0.3, -0.25) is 0 Å². The first-order chi connectivity index (χ1) is 10.0. The van der Waals surface area contributed by atoms with Crippen LogP contribution in [0.15, 0.2) is 40.7 Å². The molecule has 106 valence electrons. The van der Waals surface area contributed by atoms with Crippen molar-refractivity contribution < 1.29 is 4.74 Å². The van der Waals surface area contributed by atoms with Crippen LogP contribution in [-0.4, -0.2) is 7.11 Å². The third-order valence-electron chi connectivity index (χ3n) is 3.75. The molecule has 0 saturated carbocycles. The fourth-order valence-corrected chi connectivity index (χ4v) is 2.70. The number of hydrogen-bond acceptors (Lipinski definition) is 4. The largest absolute Gasteiger partial charge is 0.496 e. The van der Waals surface area contributed by atoms with Gasteiger partial charge in [0.2, 0.25) is 0 Å². The van der Waals surface area contributed by atoms with Gasteiger partial charge in [-0.1, -0.05) is 12.1 Å². The van der Waals surface area contributed by atoms with E-state index in [1.165, 1.54) is 0 Å². The summed E-state index contributed by atoms with van der Waals surface area (Å²) >= 11 is 0. The number of nitrogens with one attached hydrogen (secondary N) is 1. The van der Waals surface area contributed by atoms with Gasteiger partial charge in [0, 0.05) is 11.4 Å². The molecule has 1 heterocycles. The van der Waals surface area contributed by atoms with Crippen molar-refractivity contribution in [2.24, 2.45) is 0 Å². The Labute approximate surface area is 125 Å². The molecule has 0 aromatic heterocycles. The minimum atomic E-state index is -0.314. The Balaban J connectivity index is 2.62. The average molecular weight is 279 g/mol. The lowest BCUT2D eigenvalue weighted by Gasteiger charge is -2.26. The van der Waals surface area contributed by atoms with Crippen molar-refractivity contribution in [3.8, 4) is 17.9 Å². The van der Waals surface area contributed by atoms with Gasteiger partial charge in [0.1, 0.15) is 5.75 Å². The van der Waals surface area contributed by atoms with E-state index in [9.17, 15) is 10.5 Å². The summed E-state index contributed by atoms with van der Waals surface area (Å²) in [5.41, 5.74) is 4.68. The lowest BCUT2D eigenvalue weighted by molar-refractivity contribution is 0.411. The average Bonchev–Trinajstić information content (AvgIpc) is 2.46.